The maximum atomic E-state index is 12.5. The molecule has 1 fully saturated rings. The Morgan fingerprint density at radius 3 is 2.71 bits per heavy atom. The van der Waals surface area contributed by atoms with Crippen molar-refractivity contribution in [3.05, 3.63) is 51.9 Å². The highest BCUT2D eigenvalue weighted by Crippen LogP contribution is 2.37. The van der Waals surface area contributed by atoms with Gasteiger partial charge < -0.3 is 19.7 Å². The minimum absolute atomic E-state index is 0.255. The summed E-state index contributed by atoms with van der Waals surface area (Å²) in [4.78, 5) is 29.8. The fraction of sp³-hybridized carbons (Fsp3) is 0.409. The minimum Gasteiger partial charge on any atom is -0.448 e. The molecule has 2 amide bonds. The van der Waals surface area contributed by atoms with E-state index in [-0.39, 0.29) is 12.0 Å². The number of thiophene rings is 1. The summed E-state index contributed by atoms with van der Waals surface area (Å²) in [6.07, 6.45) is 0.217. The molecule has 3 heterocycles. The lowest BCUT2D eigenvalue weighted by Crippen LogP contribution is -2.40. The van der Waals surface area contributed by atoms with Crippen LogP contribution in [0, 0.1) is 11.3 Å². The van der Waals surface area contributed by atoms with Gasteiger partial charge >= 0.3 is 6.09 Å². The van der Waals surface area contributed by atoms with Crippen molar-refractivity contribution in [2.24, 2.45) is 0 Å². The van der Waals surface area contributed by atoms with E-state index < -0.39 is 0 Å². The van der Waals surface area contributed by atoms with E-state index in [1.807, 2.05) is 6.07 Å². The van der Waals surface area contributed by atoms with Crippen molar-refractivity contribution < 1.29 is 19.1 Å². The monoisotopic (exact) mass is 440 g/mol. The topological polar surface area (TPSA) is 94.9 Å². The van der Waals surface area contributed by atoms with Crippen LogP contribution in [0.1, 0.15) is 26.4 Å². The molecule has 0 unspecified atom stereocenters. The van der Waals surface area contributed by atoms with Crippen LogP contribution in [0.25, 0.3) is 0 Å². The Morgan fingerprint density at radius 1 is 1.19 bits per heavy atom. The first-order valence-corrected chi connectivity index (χ1v) is 11.1. The molecule has 0 saturated carbocycles. The van der Waals surface area contributed by atoms with Gasteiger partial charge in [-0.15, -0.1) is 11.3 Å². The van der Waals surface area contributed by atoms with E-state index in [0.717, 1.165) is 23.5 Å². The molecule has 1 aromatic heterocycles. The first kappa shape index (κ1) is 21.3. The summed E-state index contributed by atoms with van der Waals surface area (Å²) in [6, 6.07) is 11.1. The van der Waals surface area contributed by atoms with Crippen LogP contribution in [0.3, 0.4) is 0 Å². The van der Waals surface area contributed by atoms with Gasteiger partial charge in [0.25, 0.3) is 5.91 Å². The number of morpholine rings is 1. The zero-order valence-corrected chi connectivity index (χ0v) is 18.0. The number of nitrogens with zero attached hydrogens (tertiary/aromatic N) is 3. The van der Waals surface area contributed by atoms with Crippen LogP contribution in [-0.2, 0) is 22.4 Å². The molecule has 0 spiro atoms. The molecule has 0 bridgehead atoms. The Morgan fingerprint density at radius 2 is 1.97 bits per heavy atom. The number of nitriles is 1. The number of rotatable bonds is 5. The van der Waals surface area contributed by atoms with Crippen LogP contribution < -0.4 is 5.32 Å². The van der Waals surface area contributed by atoms with Gasteiger partial charge in [-0.25, -0.2) is 4.79 Å². The maximum absolute atomic E-state index is 12.5. The quantitative estimate of drug-likeness (QED) is 0.768. The van der Waals surface area contributed by atoms with Crippen LogP contribution in [0.2, 0.25) is 0 Å². The highest BCUT2D eigenvalue weighted by molar-refractivity contribution is 7.16. The van der Waals surface area contributed by atoms with E-state index in [9.17, 15) is 14.9 Å². The molecule has 9 heteroatoms. The summed E-state index contributed by atoms with van der Waals surface area (Å²) in [6.45, 7) is 5.04. The summed E-state index contributed by atoms with van der Waals surface area (Å²) >= 11 is 1.35. The fourth-order valence-electron chi connectivity index (χ4n) is 3.71. The highest BCUT2D eigenvalue weighted by Gasteiger charge is 2.28. The summed E-state index contributed by atoms with van der Waals surface area (Å²) in [5, 5.41) is 13.0. The second-order valence-corrected chi connectivity index (χ2v) is 8.48. The maximum Gasteiger partial charge on any atom is 0.410 e. The summed E-state index contributed by atoms with van der Waals surface area (Å²) in [5.74, 6) is -0.255. The van der Waals surface area contributed by atoms with E-state index in [4.69, 9.17) is 9.47 Å². The molecule has 1 aromatic carbocycles. The first-order valence-electron chi connectivity index (χ1n) is 10.3. The van der Waals surface area contributed by atoms with Gasteiger partial charge in [-0.3, -0.25) is 9.69 Å². The van der Waals surface area contributed by atoms with Gasteiger partial charge in [0.2, 0.25) is 0 Å². The number of nitrogens with one attached hydrogen (secondary N) is 1. The zero-order chi connectivity index (χ0) is 21.6. The number of hydrogen-bond donors (Lipinski definition) is 1. The van der Waals surface area contributed by atoms with Crippen molar-refractivity contribution in [3.8, 4) is 6.07 Å². The minimum atomic E-state index is -0.347. The van der Waals surface area contributed by atoms with Crippen molar-refractivity contribution in [2.75, 3.05) is 51.3 Å². The number of hydrogen-bond acceptors (Lipinski definition) is 7. The number of ether oxygens (including phenoxy) is 2. The zero-order valence-electron chi connectivity index (χ0n) is 17.1. The van der Waals surface area contributed by atoms with E-state index in [1.165, 1.54) is 11.3 Å². The molecule has 4 rings (SSSR count). The Hall–Kier alpha value is -2.93. The van der Waals surface area contributed by atoms with Crippen LogP contribution in [0.4, 0.5) is 9.80 Å². The van der Waals surface area contributed by atoms with Gasteiger partial charge in [0.15, 0.2) is 0 Å². The molecule has 0 atom stereocenters. The highest BCUT2D eigenvalue weighted by atomic mass is 32.1. The van der Waals surface area contributed by atoms with E-state index in [1.54, 1.807) is 29.2 Å². The molecule has 31 heavy (non-hydrogen) atoms. The SMILES string of the molecule is N#Cc1c(NC(=O)c2ccccc2)sc2c1CCN(C(=O)OCCN1CCOCC1)C2. The van der Waals surface area contributed by atoms with Gasteiger partial charge in [0.05, 0.1) is 25.3 Å². The molecular weight excluding hydrogens is 416 g/mol. The lowest BCUT2D eigenvalue weighted by molar-refractivity contribution is 0.0243. The van der Waals surface area contributed by atoms with Crippen LogP contribution in [0.15, 0.2) is 30.3 Å². The van der Waals surface area contributed by atoms with Gasteiger partial charge in [0.1, 0.15) is 17.7 Å². The van der Waals surface area contributed by atoms with Gasteiger partial charge in [0, 0.05) is 36.6 Å². The van der Waals surface area contributed by atoms with Gasteiger partial charge in [-0.05, 0) is 24.1 Å². The third-order valence-corrected chi connectivity index (χ3v) is 6.56. The molecule has 162 valence electrons. The predicted octanol–water partition coefficient (Wildman–Crippen LogP) is 2.70. The molecule has 2 aliphatic heterocycles. The number of carbonyl (C=O) groups is 2. The molecule has 8 nitrogen and oxygen atoms in total. The number of fused-ring (bicyclic) bond motifs is 1. The fourth-order valence-corrected chi connectivity index (χ4v) is 4.92. The number of benzene rings is 1. The average molecular weight is 441 g/mol. The average Bonchev–Trinajstić information content (AvgIpc) is 3.16. The molecule has 0 aliphatic carbocycles. The molecular formula is C22H24N4O4S. The Bertz CT molecular complexity index is 979. The largest absolute Gasteiger partial charge is 0.448 e. The molecule has 2 aliphatic rings. The van der Waals surface area contributed by atoms with E-state index in [2.05, 4.69) is 16.3 Å². The lowest BCUT2D eigenvalue weighted by Gasteiger charge is -2.28. The standard InChI is InChI=1S/C22H24N4O4S/c23-14-18-17-6-7-26(22(28)30-13-10-25-8-11-29-12-9-25)15-19(17)31-21(18)24-20(27)16-4-2-1-3-5-16/h1-5H,6-13,15H2,(H,24,27). The van der Waals surface area contributed by atoms with Crippen molar-refractivity contribution >= 4 is 28.3 Å². The van der Waals surface area contributed by atoms with Gasteiger partial charge in [-0.1, -0.05) is 18.2 Å². The second-order valence-electron chi connectivity index (χ2n) is 7.38. The van der Waals surface area contributed by atoms with Crippen LogP contribution >= 0.6 is 11.3 Å². The normalized spacial score (nSPS) is 16.3. The van der Waals surface area contributed by atoms with Crippen LogP contribution in [-0.4, -0.2) is 67.8 Å². The second kappa shape index (κ2) is 9.92. The van der Waals surface area contributed by atoms with E-state index >= 15 is 0 Å². The van der Waals surface area contributed by atoms with Crippen molar-refractivity contribution in [1.82, 2.24) is 9.80 Å². The third-order valence-electron chi connectivity index (χ3n) is 5.43. The van der Waals surface area contributed by atoms with E-state index in [0.29, 0.717) is 62.0 Å². The van der Waals surface area contributed by atoms with Crippen molar-refractivity contribution in [2.45, 2.75) is 13.0 Å². The number of carbonyl (C=O) groups excluding carboxylic acids is 2. The predicted molar refractivity (Wildman–Crippen MR) is 116 cm³/mol. The summed E-state index contributed by atoms with van der Waals surface area (Å²) < 4.78 is 10.8. The summed E-state index contributed by atoms with van der Waals surface area (Å²) in [7, 11) is 0. The lowest BCUT2D eigenvalue weighted by atomic mass is 10.0. The third kappa shape index (κ3) is 5.05. The van der Waals surface area contributed by atoms with Crippen molar-refractivity contribution in [3.63, 3.8) is 0 Å². The molecule has 1 saturated heterocycles. The molecule has 0 radical (unpaired) electrons. The smallest absolute Gasteiger partial charge is 0.410 e. The molecule has 1 N–H and O–H groups in total. The van der Waals surface area contributed by atoms with Crippen molar-refractivity contribution in [1.29, 1.82) is 5.26 Å². The number of anilines is 1. The Balaban J connectivity index is 1.37. The molecule has 2 aromatic rings. The van der Waals surface area contributed by atoms with Crippen LogP contribution in [0.5, 0.6) is 0 Å². The summed E-state index contributed by atoms with van der Waals surface area (Å²) in [5.41, 5.74) is 1.93. The van der Waals surface area contributed by atoms with Gasteiger partial charge in [-0.2, -0.15) is 5.26 Å². The first-order chi connectivity index (χ1) is 15.2. The Kier molecular flexibility index (Phi) is 6.82. The number of amides is 2. The Labute approximate surface area is 185 Å².